The van der Waals surface area contributed by atoms with Gasteiger partial charge >= 0.3 is 0 Å². The van der Waals surface area contributed by atoms with Crippen molar-refractivity contribution in [1.29, 1.82) is 0 Å². The maximum atomic E-state index is 13.1. The minimum Gasteiger partial charge on any atom is -0.321 e. The van der Waals surface area contributed by atoms with Crippen molar-refractivity contribution in [3.8, 4) is 0 Å². The van der Waals surface area contributed by atoms with Gasteiger partial charge in [0.1, 0.15) is 0 Å². The van der Waals surface area contributed by atoms with Crippen molar-refractivity contribution in [2.24, 2.45) is 0 Å². The standard InChI is InChI=1S/C24H20BrClN2O4S/c1-28(17-9-10-17)33(31,32)18-11-6-15(7-12-18)24(30)27-22-13-8-16(25)14-20(22)23(29)19-4-2-3-5-21(19)26/h2-8,11-14,17H,9-10H2,1H3,(H,27,30). The predicted octanol–water partition coefficient (Wildman–Crippen LogP) is 5.37. The van der Waals surface area contributed by atoms with Gasteiger partial charge in [-0.2, -0.15) is 4.31 Å². The van der Waals surface area contributed by atoms with Crippen molar-refractivity contribution in [3.63, 3.8) is 0 Å². The molecule has 1 N–H and O–H groups in total. The van der Waals surface area contributed by atoms with Gasteiger partial charge in [0.2, 0.25) is 10.0 Å². The summed E-state index contributed by atoms with van der Waals surface area (Å²) < 4.78 is 27.4. The first-order chi connectivity index (χ1) is 15.7. The molecule has 1 aliphatic rings. The normalized spacial score (nSPS) is 13.7. The molecule has 3 aromatic rings. The molecule has 0 unspecified atom stereocenters. The van der Waals surface area contributed by atoms with Crippen LogP contribution in [0.5, 0.6) is 0 Å². The molecule has 0 aromatic heterocycles. The molecular weight excluding hydrogens is 528 g/mol. The molecule has 6 nitrogen and oxygen atoms in total. The van der Waals surface area contributed by atoms with Crippen molar-refractivity contribution in [2.45, 2.75) is 23.8 Å². The van der Waals surface area contributed by atoms with E-state index in [1.165, 1.54) is 28.6 Å². The molecule has 0 bridgehead atoms. The fourth-order valence-corrected chi connectivity index (χ4v) is 5.38. The van der Waals surface area contributed by atoms with Gasteiger partial charge in [-0.05, 0) is 67.4 Å². The van der Waals surface area contributed by atoms with Crippen LogP contribution in [0.1, 0.15) is 39.1 Å². The summed E-state index contributed by atoms with van der Waals surface area (Å²) in [4.78, 5) is 26.1. The predicted molar refractivity (Wildman–Crippen MR) is 131 cm³/mol. The molecule has 0 saturated heterocycles. The maximum Gasteiger partial charge on any atom is 0.255 e. The molecule has 9 heteroatoms. The van der Waals surface area contributed by atoms with E-state index in [2.05, 4.69) is 21.2 Å². The summed E-state index contributed by atoms with van der Waals surface area (Å²) in [7, 11) is -2.03. The van der Waals surface area contributed by atoms with Gasteiger partial charge in [0.05, 0.1) is 15.6 Å². The summed E-state index contributed by atoms with van der Waals surface area (Å²) in [6.07, 6.45) is 1.72. The average Bonchev–Trinajstić information content (AvgIpc) is 3.65. The number of sulfonamides is 1. The van der Waals surface area contributed by atoms with Gasteiger partial charge < -0.3 is 5.32 Å². The van der Waals surface area contributed by atoms with Gasteiger partial charge in [-0.1, -0.05) is 39.7 Å². The number of nitrogens with zero attached hydrogens (tertiary/aromatic N) is 1. The Bertz CT molecular complexity index is 1340. The Hall–Kier alpha value is -2.52. The molecule has 0 radical (unpaired) electrons. The fraction of sp³-hybridized carbons (Fsp3) is 0.167. The lowest BCUT2D eigenvalue weighted by molar-refractivity contribution is 0.102. The van der Waals surface area contributed by atoms with E-state index >= 15 is 0 Å². The van der Waals surface area contributed by atoms with Crippen molar-refractivity contribution in [3.05, 3.63) is 92.9 Å². The van der Waals surface area contributed by atoms with Crippen LogP contribution in [-0.4, -0.2) is 37.5 Å². The van der Waals surface area contributed by atoms with Gasteiger partial charge in [-0.15, -0.1) is 0 Å². The first-order valence-corrected chi connectivity index (χ1v) is 12.8. The Morgan fingerprint density at radius 2 is 1.67 bits per heavy atom. The maximum absolute atomic E-state index is 13.1. The minimum atomic E-state index is -3.60. The van der Waals surface area contributed by atoms with E-state index < -0.39 is 15.9 Å². The van der Waals surface area contributed by atoms with E-state index in [9.17, 15) is 18.0 Å². The smallest absolute Gasteiger partial charge is 0.255 e. The number of ketones is 1. The van der Waals surface area contributed by atoms with Crippen LogP contribution in [-0.2, 0) is 10.0 Å². The molecule has 0 heterocycles. The molecule has 4 rings (SSSR count). The molecule has 1 fully saturated rings. The van der Waals surface area contributed by atoms with Crippen LogP contribution >= 0.6 is 27.5 Å². The number of nitrogens with one attached hydrogen (secondary N) is 1. The number of amides is 1. The van der Waals surface area contributed by atoms with Gasteiger partial charge in [-0.3, -0.25) is 9.59 Å². The summed E-state index contributed by atoms with van der Waals surface area (Å²) in [6, 6.07) is 17.4. The molecule has 0 atom stereocenters. The number of hydrogen-bond donors (Lipinski definition) is 1. The highest BCUT2D eigenvalue weighted by molar-refractivity contribution is 9.10. The van der Waals surface area contributed by atoms with Crippen LogP contribution in [0.25, 0.3) is 0 Å². The van der Waals surface area contributed by atoms with Crippen LogP contribution in [0.15, 0.2) is 76.1 Å². The number of halogens is 2. The highest BCUT2D eigenvalue weighted by atomic mass is 79.9. The third-order valence-electron chi connectivity index (χ3n) is 5.45. The molecular formula is C24H20BrClN2O4S. The summed E-state index contributed by atoms with van der Waals surface area (Å²) in [5.41, 5.74) is 1.18. The second-order valence-electron chi connectivity index (χ2n) is 7.73. The van der Waals surface area contributed by atoms with Crippen LogP contribution in [0.4, 0.5) is 5.69 Å². The largest absolute Gasteiger partial charge is 0.321 e. The van der Waals surface area contributed by atoms with Crippen LogP contribution in [0.3, 0.4) is 0 Å². The number of carbonyl (C=O) groups excluding carboxylic acids is 2. The molecule has 1 aliphatic carbocycles. The zero-order valence-electron chi connectivity index (χ0n) is 17.6. The number of carbonyl (C=O) groups is 2. The van der Waals surface area contributed by atoms with E-state index in [-0.39, 0.29) is 27.8 Å². The topological polar surface area (TPSA) is 83.6 Å². The second kappa shape index (κ2) is 9.38. The lowest BCUT2D eigenvalue weighted by Gasteiger charge is -2.16. The lowest BCUT2D eigenvalue weighted by Crippen LogP contribution is -2.29. The third kappa shape index (κ3) is 5.04. The zero-order valence-corrected chi connectivity index (χ0v) is 20.7. The molecule has 170 valence electrons. The van der Waals surface area contributed by atoms with E-state index in [0.29, 0.717) is 20.7 Å². The molecule has 1 amide bonds. The second-order valence-corrected chi connectivity index (χ2v) is 11.1. The molecule has 0 spiro atoms. The summed E-state index contributed by atoms with van der Waals surface area (Å²) in [5, 5.41) is 3.06. The van der Waals surface area contributed by atoms with Crippen LogP contribution in [0, 0.1) is 0 Å². The van der Waals surface area contributed by atoms with Gasteiger partial charge in [0, 0.05) is 34.3 Å². The van der Waals surface area contributed by atoms with Gasteiger partial charge in [-0.25, -0.2) is 8.42 Å². The van der Waals surface area contributed by atoms with E-state index in [4.69, 9.17) is 11.6 Å². The Morgan fingerprint density at radius 3 is 2.30 bits per heavy atom. The van der Waals surface area contributed by atoms with Crippen LogP contribution < -0.4 is 5.32 Å². The van der Waals surface area contributed by atoms with Crippen molar-refractivity contribution >= 4 is 54.9 Å². The van der Waals surface area contributed by atoms with Crippen molar-refractivity contribution < 1.29 is 18.0 Å². The van der Waals surface area contributed by atoms with Gasteiger partial charge in [0.25, 0.3) is 5.91 Å². The Labute approximate surface area is 205 Å². The van der Waals surface area contributed by atoms with E-state index in [1.807, 2.05) is 0 Å². The third-order valence-corrected chi connectivity index (χ3v) is 8.19. The zero-order chi connectivity index (χ0) is 23.8. The van der Waals surface area contributed by atoms with Crippen molar-refractivity contribution in [2.75, 3.05) is 12.4 Å². The monoisotopic (exact) mass is 546 g/mol. The Balaban J connectivity index is 1.58. The van der Waals surface area contributed by atoms with Crippen molar-refractivity contribution in [1.82, 2.24) is 4.31 Å². The summed E-state index contributed by atoms with van der Waals surface area (Å²) in [6.45, 7) is 0. The number of hydrogen-bond acceptors (Lipinski definition) is 4. The molecule has 1 saturated carbocycles. The minimum absolute atomic E-state index is 0.0458. The quantitative estimate of drug-likeness (QED) is 0.403. The Morgan fingerprint density at radius 1 is 1.00 bits per heavy atom. The average molecular weight is 548 g/mol. The highest BCUT2D eigenvalue weighted by Gasteiger charge is 2.35. The van der Waals surface area contributed by atoms with Crippen LogP contribution in [0.2, 0.25) is 5.02 Å². The number of benzene rings is 3. The lowest BCUT2D eigenvalue weighted by atomic mass is 10.0. The number of rotatable bonds is 7. The number of anilines is 1. The first-order valence-electron chi connectivity index (χ1n) is 10.2. The summed E-state index contributed by atoms with van der Waals surface area (Å²) >= 11 is 9.55. The highest BCUT2D eigenvalue weighted by Crippen LogP contribution is 2.31. The fourth-order valence-electron chi connectivity index (χ4n) is 3.38. The van der Waals surface area contributed by atoms with E-state index in [1.54, 1.807) is 49.5 Å². The molecule has 0 aliphatic heterocycles. The molecule has 33 heavy (non-hydrogen) atoms. The van der Waals surface area contributed by atoms with Gasteiger partial charge in [0.15, 0.2) is 5.78 Å². The van der Waals surface area contributed by atoms with E-state index in [0.717, 1.165) is 12.8 Å². The molecule has 3 aromatic carbocycles. The SMILES string of the molecule is CN(C1CC1)S(=O)(=O)c1ccc(C(=O)Nc2ccc(Br)cc2C(=O)c2ccccc2Cl)cc1. The Kier molecular flexibility index (Phi) is 6.72. The first kappa shape index (κ1) is 23.6. The summed E-state index contributed by atoms with van der Waals surface area (Å²) in [5.74, 6) is -0.799.